The van der Waals surface area contributed by atoms with Crippen molar-refractivity contribution in [1.82, 2.24) is 10.2 Å². The molecule has 0 aliphatic heterocycles. The molecular weight excluding hydrogens is 562 g/mol. The van der Waals surface area contributed by atoms with E-state index in [2.05, 4.69) is 10.6 Å². The van der Waals surface area contributed by atoms with Crippen molar-refractivity contribution in [2.45, 2.75) is 51.8 Å². The van der Waals surface area contributed by atoms with E-state index in [4.69, 9.17) is 16.3 Å². The van der Waals surface area contributed by atoms with Gasteiger partial charge in [-0.15, -0.1) is 0 Å². The Hall–Kier alpha value is -4.28. The van der Waals surface area contributed by atoms with Crippen LogP contribution in [0.1, 0.15) is 43.5 Å². The number of carbonyl (C=O) groups excluding carboxylic acids is 3. The Bertz CT molecular complexity index is 1390. The van der Waals surface area contributed by atoms with Crippen molar-refractivity contribution in [3.8, 4) is 11.5 Å². The number of carbonyl (C=O) groups is 3. The van der Waals surface area contributed by atoms with Crippen LogP contribution in [0.25, 0.3) is 0 Å². The second-order valence-corrected chi connectivity index (χ2v) is 11.2. The van der Waals surface area contributed by atoms with Crippen LogP contribution >= 0.6 is 11.6 Å². The van der Waals surface area contributed by atoms with E-state index in [0.717, 1.165) is 4.90 Å². The second-order valence-electron chi connectivity index (χ2n) is 10.7. The molecule has 3 aromatic rings. The summed E-state index contributed by atoms with van der Waals surface area (Å²) in [5.74, 6) is -1.45. The van der Waals surface area contributed by atoms with Crippen molar-refractivity contribution in [3.63, 3.8) is 0 Å². The molecule has 3 amide bonds. The third kappa shape index (κ3) is 8.86. The molecule has 11 heteroatoms. The fourth-order valence-corrected chi connectivity index (χ4v) is 4.61. The number of para-hydroxylation sites is 1. The zero-order valence-corrected chi connectivity index (χ0v) is 24.7. The number of amides is 3. The summed E-state index contributed by atoms with van der Waals surface area (Å²) < 4.78 is 5.39. The number of hydrogen-bond donors (Lipinski definition) is 5. The summed E-state index contributed by atoms with van der Waals surface area (Å²) in [6.45, 7) is 6.02. The molecule has 0 aliphatic carbocycles. The molecule has 10 nitrogen and oxygen atoms in total. The van der Waals surface area contributed by atoms with Crippen LogP contribution in [0.2, 0.25) is 5.02 Å². The molecule has 0 aliphatic rings. The van der Waals surface area contributed by atoms with Gasteiger partial charge in [0.05, 0.1) is 17.3 Å². The molecule has 0 saturated carbocycles. The average molecular weight is 598 g/mol. The Morgan fingerprint density at radius 2 is 1.64 bits per heavy atom. The maximum atomic E-state index is 14.2. The normalized spacial score (nSPS) is 12.6. The minimum atomic E-state index is -1.34. The van der Waals surface area contributed by atoms with E-state index in [1.807, 2.05) is 0 Å². The molecule has 0 saturated heterocycles. The minimum absolute atomic E-state index is 0.0156. The third-order valence-electron chi connectivity index (χ3n) is 6.21. The number of ether oxygens (including phenoxy) is 1. The summed E-state index contributed by atoms with van der Waals surface area (Å²) in [5, 5.41) is 35.6. The topological polar surface area (TPSA) is 148 Å². The largest absolute Gasteiger partial charge is 0.508 e. The Morgan fingerprint density at radius 3 is 2.24 bits per heavy atom. The fraction of sp³-hybridized carbons (Fsp3) is 0.323. The molecule has 0 heterocycles. The Kier molecular flexibility index (Phi) is 10.8. The van der Waals surface area contributed by atoms with Gasteiger partial charge in [0.15, 0.2) is 0 Å². The number of aromatic hydroxyl groups is 2. The van der Waals surface area contributed by atoms with Crippen LogP contribution in [0.4, 0.5) is 10.5 Å². The number of nitrogens with one attached hydrogen (secondary N) is 2. The molecule has 0 fully saturated rings. The van der Waals surface area contributed by atoms with Gasteiger partial charge < -0.3 is 35.6 Å². The van der Waals surface area contributed by atoms with Crippen molar-refractivity contribution in [1.29, 1.82) is 0 Å². The standard InChI is InChI=1S/C31H36ClN3O7/c1-19-7-5-10-24(32)26(19)34-28(39)27(21-8-6-9-23(38)18-21)35(15-16-36)29(40)25(33-30(41)42-31(2,3)4)17-20-11-13-22(37)14-12-20/h5-14,18,25,27,36-38H,15-17H2,1-4H3,(H,33,41)(H,34,39). The lowest BCUT2D eigenvalue weighted by Gasteiger charge is -2.34. The molecule has 3 rings (SSSR count). The lowest BCUT2D eigenvalue weighted by Crippen LogP contribution is -2.53. The number of halogens is 1. The van der Waals surface area contributed by atoms with E-state index in [1.54, 1.807) is 64.1 Å². The van der Waals surface area contributed by atoms with E-state index in [9.17, 15) is 29.7 Å². The monoisotopic (exact) mass is 597 g/mol. The van der Waals surface area contributed by atoms with Crippen LogP contribution in [-0.4, -0.2) is 62.9 Å². The lowest BCUT2D eigenvalue weighted by molar-refractivity contribution is -0.141. The van der Waals surface area contributed by atoms with E-state index in [0.29, 0.717) is 16.8 Å². The van der Waals surface area contributed by atoms with Gasteiger partial charge in [-0.25, -0.2) is 4.79 Å². The van der Waals surface area contributed by atoms with Gasteiger partial charge in [-0.05, 0) is 74.7 Å². The number of nitrogens with zero attached hydrogens (tertiary/aromatic N) is 1. The summed E-state index contributed by atoms with van der Waals surface area (Å²) in [7, 11) is 0. The van der Waals surface area contributed by atoms with Gasteiger partial charge in [0.2, 0.25) is 5.91 Å². The number of aryl methyl sites for hydroxylation is 1. The third-order valence-corrected chi connectivity index (χ3v) is 6.52. The van der Waals surface area contributed by atoms with Gasteiger partial charge in [0.1, 0.15) is 29.2 Å². The molecule has 2 atom stereocenters. The highest BCUT2D eigenvalue weighted by Gasteiger charge is 2.36. The molecule has 224 valence electrons. The van der Waals surface area contributed by atoms with Crippen molar-refractivity contribution < 1.29 is 34.4 Å². The van der Waals surface area contributed by atoms with Crippen LogP contribution in [0.15, 0.2) is 66.7 Å². The highest BCUT2D eigenvalue weighted by atomic mass is 35.5. The first kappa shape index (κ1) is 32.2. The number of aliphatic hydroxyl groups excluding tert-OH is 1. The van der Waals surface area contributed by atoms with Crippen LogP contribution in [0, 0.1) is 6.92 Å². The first-order valence-corrected chi connectivity index (χ1v) is 13.7. The summed E-state index contributed by atoms with van der Waals surface area (Å²) >= 11 is 6.36. The minimum Gasteiger partial charge on any atom is -0.508 e. The summed E-state index contributed by atoms with van der Waals surface area (Å²) in [6, 6.07) is 14.5. The smallest absolute Gasteiger partial charge is 0.408 e. The van der Waals surface area contributed by atoms with E-state index in [-0.39, 0.29) is 35.1 Å². The first-order valence-electron chi connectivity index (χ1n) is 13.3. The molecule has 0 radical (unpaired) electrons. The number of aliphatic hydroxyl groups is 1. The number of phenolic OH excluding ortho intramolecular Hbond substituents is 2. The first-order chi connectivity index (χ1) is 19.8. The summed E-state index contributed by atoms with van der Waals surface area (Å²) in [5.41, 5.74) is 1.05. The Morgan fingerprint density at radius 1 is 0.976 bits per heavy atom. The van der Waals surface area contributed by atoms with Gasteiger partial charge in [-0.2, -0.15) is 0 Å². The molecule has 0 aromatic heterocycles. The Labute approximate surface area is 249 Å². The fourth-order valence-electron chi connectivity index (χ4n) is 4.34. The molecular formula is C31H36ClN3O7. The average Bonchev–Trinajstić information content (AvgIpc) is 2.90. The molecule has 0 bridgehead atoms. The molecule has 42 heavy (non-hydrogen) atoms. The molecule has 0 spiro atoms. The van der Waals surface area contributed by atoms with Gasteiger partial charge in [-0.3, -0.25) is 9.59 Å². The number of rotatable bonds is 10. The van der Waals surface area contributed by atoms with E-state index >= 15 is 0 Å². The van der Waals surface area contributed by atoms with E-state index < -0.39 is 42.2 Å². The van der Waals surface area contributed by atoms with Gasteiger partial charge in [-0.1, -0.05) is 48.0 Å². The van der Waals surface area contributed by atoms with Crippen molar-refractivity contribution in [2.24, 2.45) is 0 Å². The maximum Gasteiger partial charge on any atom is 0.408 e. The van der Waals surface area contributed by atoms with Gasteiger partial charge >= 0.3 is 6.09 Å². The zero-order valence-electron chi connectivity index (χ0n) is 23.9. The highest BCUT2D eigenvalue weighted by Crippen LogP contribution is 2.30. The molecule has 5 N–H and O–H groups in total. The van der Waals surface area contributed by atoms with Crippen molar-refractivity contribution in [2.75, 3.05) is 18.5 Å². The number of anilines is 1. The maximum absolute atomic E-state index is 14.2. The van der Waals surface area contributed by atoms with Crippen LogP contribution in [0.5, 0.6) is 11.5 Å². The van der Waals surface area contributed by atoms with Gasteiger partial charge in [0.25, 0.3) is 5.91 Å². The number of hydrogen-bond acceptors (Lipinski definition) is 7. The van der Waals surface area contributed by atoms with Gasteiger partial charge in [0, 0.05) is 13.0 Å². The van der Waals surface area contributed by atoms with Crippen LogP contribution in [0.3, 0.4) is 0 Å². The predicted molar refractivity (Wildman–Crippen MR) is 159 cm³/mol. The Balaban J connectivity index is 2.07. The molecule has 2 unspecified atom stereocenters. The molecule has 3 aromatic carbocycles. The van der Waals surface area contributed by atoms with Crippen LogP contribution in [-0.2, 0) is 20.7 Å². The van der Waals surface area contributed by atoms with Crippen molar-refractivity contribution in [3.05, 3.63) is 88.4 Å². The number of alkyl carbamates (subject to hydrolysis) is 1. The number of benzene rings is 3. The highest BCUT2D eigenvalue weighted by molar-refractivity contribution is 6.34. The van der Waals surface area contributed by atoms with E-state index in [1.165, 1.54) is 30.3 Å². The predicted octanol–water partition coefficient (Wildman–Crippen LogP) is 4.70. The number of phenols is 2. The summed E-state index contributed by atoms with van der Waals surface area (Å²) in [4.78, 5) is 42.1. The summed E-state index contributed by atoms with van der Waals surface area (Å²) in [6.07, 6.45) is -0.869. The zero-order chi connectivity index (χ0) is 31.0. The van der Waals surface area contributed by atoms with Crippen molar-refractivity contribution >= 4 is 35.2 Å². The SMILES string of the molecule is Cc1cccc(Cl)c1NC(=O)C(c1cccc(O)c1)N(CCO)C(=O)C(Cc1ccc(O)cc1)NC(=O)OC(C)(C)C. The quantitative estimate of drug-likeness (QED) is 0.227. The van der Waals surface area contributed by atoms with Crippen LogP contribution < -0.4 is 10.6 Å². The second kappa shape index (κ2) is 14.1. The lowest BCUT2D eigenvalue weighted by atomic mass is 9.99.